The predicted octanol–water partition coefficient (Wildman–Crippen LogP) is 4.14. The Kier molecular flexibility index (Phi) is 6.14. The summed E-state index contributed by atoms with van der Waals surface area (Å²) in [4.78, 5) is 11.7. The van der Waals surface area contributed by atoms with Crippen molar-refractivity contribution < 1.29 is 4.52 Å². The number of likely N-dealkylation sites (N-methyl/N-ethyl adjacent to an activating group) is 1. The quantitative estimate of drug-likeness (QED) is 0.442. The van der Waals surface area contributed by atoms with E-state index in [1.807, 2.05) is 12.3 Å². The molecular weight excluding hydrogens is 398 g/mol. The van der Waals surface area contributed by atoms with Gasteiger partial charge >= 0.3 is 0 Å². The molecule has 2 aromatic carbocycles. The summed E-state index contributed by atoms with van der Waals surface area (Å²) in [5.41, 5.74) is 2.02. The Morgan fingerprint density at radius 2 is 1.75 bits per heavy atom. The van der Waals surface area contributed by atoms with Crippen LogP contribution in [0.3, 0.4) is 0 Å². The van der Waals surface area contributed by atoms with E-state index in [1.54, 1.807) is 0 Å². The Bertz CT molecular complexity index is 1150. The summed E-state index contributed by atoms with van der Waals surface area (Å²) in [6.07, 6.45) is 1.87. The highest BCUT2D eigenvalue weighted by atomic mass is 16.5. The molecule has 164 valence electrons. The van der Waals surface area contributed by atoms with E-state index in [1.165, 1.54) is 10.8 Å². The molecule has 1 saturated heterocycles. The Balaban J connectivity index is 1.13. The maximum absolute atomic E-state index is 5.67. The van der Waals surface area contributed by atoms with Gasteiger partial charge in [-0.15, -0.1) is 0 Å². The fourth-order valence-electron chi connectivity index (χ4n) is 4.36. The monoisotopic (exact) mass is 427 g/mol. The van der Waals surface area contributed by atoms with Crippen molar-refractivity contribution in [3.63, 3.8) is 0 Å². The van der Waals surface area contributed by atoms with Crippen molar-refractivity contribution in [2.75, 3.05) is 51.2 Å². The number of aromatic nitrogens is 2. The number of anilines is 1. The van der Waals surface area contributed by atoms with E-state index < -0.39 is 0 Å². The lowest BCUT2D eigenvalue weighted by Crippen LogP contribution is -2.48. The van der Waals surface area contributed by atoms with Gasteiger partial charge in [0, 0.05) is 57.1 Å². The summed E-state index contributed by atoms with van der Waals surface area (Å²) in [6, 6.07) is 22.9. The number of piperazine rings is 1. The number of rotatable bonds is 7. The molecule has 1 fully saturated rings. The molecule has 0 spiro atoms. The van der Waals surface area contributed by atoms with Gasteiger partial charge in [0.25, 0.3) is 0 Å². The molecule has 3 heterocycles. The zero-order chi connectivity index (χ0) is 21.8. The first-order chi connectivity index (χ1) is 15.8. The normalized spacial score (nSPS) is 15.0. The molecule has 0 amide bonds. The molecule has 1 aliphatic rings. The van der Waals surface area contributed by atoms with Gasteiger partial charge in [0.1, 0.15) is 11.5 Å². The highest BCUT2D eigenvalue weighted by Gasteiger charge is 2.18. The highest BCUT2D eigenvalue weighted by Crippen LogP contribution is 2.28. The number of fused-ring (bicyclic) bond motifs is 1. The first-order valence-electron chi connectivity index (χ1n) is 11.3. The number of nitrogens with zero attached hydrogens (tertiary/aromatic N) is 5. The van der Waals surface area contributed by atoms with Crippen molar-refractivity contribution in [3.8, 4) is 11.3 Å². The molecule has 0 unspecified atom stereocenters. The topological polar surface area (TPSA) is 48.6 Å². The van der Waals surface area contributed by atoms with Crippen molar-refractivity contribution in [1.29, 1.82) is 0 Å². The zero-order valence-corrected chi connectivity index (χ0v) is 18.5. The minimum Gasteiger partial charge on any atom is -0.359 e. The Morgan fingerprint density at radius 3 is 2.59 bits per heavy atom. The lowest BCUT2D eigenvalue weighted by atomic mass is 10.0. The maximum Gasteiger partial charge on any atom is 0.151 e. The lowest BCUT2D eigenvalue weighted by Gasteiger charge is -2.36. The molecule has 0 radical (unpaired) electrons. The van der Waals surface area contributed by atoms with Gasteiger partial charge in [-0.2, -0.15) is 0 Å². The fraction of sp³-hybridized carbons (Fsp3) is 0.308. The van der Waals surface area contributed by atoms with Crippen LogP contribution in [0.25, 0.3) is 22.0 Å². The van der Waals surface area contributed by atoms with Gasteiger partial charge in [-0.3, -0.25) is 9.80 Å². The average molecular weight is 428 g/mol. The molecule has 5 rings (SSSR count). The molecule has 4 aromatic rings. The van der Waals surface area contributed by atoms with E-state index in [4.69, 9.17) is 4.52 Å². The van der Waals surface area contributed by atoms with Gasteiger partial charge in [0.05, 0.1) is 6.54 Å². The summed E-state index contributed by atoms with van der Waals surface area (Å²) in [6.45, 7) is 6.99. The van der Waals surface area contributed by atoms with Crippen LogP contribution < -0.4 is 4.90 Å². The lowest BCUT2D eigenvalue weighted by molar-refractivity contribution is 0.201. The second kappa shape index (κ2) is 9.51. The summed E-state index contributed by atoms with van der Waals surface area (Å²) in [7, 11) is 2.14. The highest BCUT2D eigenvalue weighted by molar-refractivity contribution is 5.95. The van der Waals surface area contributed by atoms with Gasteiger partial charge in [0.15, 0.2) is 5.76 Å². The minimum absolute atomic E-state index is 0.756. The second-order valence-electron chi connectivity index (χ2n) is 8.46. The van der Waals surface area contributed by atoms with Gasteiger partial charge in [-0.25, -0.2) is 4.98 Å². The van der Waals surface area contributed by atoms with Crippen LogP contribution in [0.4, 0.5) is 5.82 Å². The molecule has 0 N–H and O–H groups in total. The van der Waals surface area contributed by atoms with Crippen molar-refractivity contribution in [1.82, 2.24) is 19.9 Å². The Hall–Kier alpha value is -3.22. The minimum atomic E-state index is 0.756. The third-order valence-electron chi connectivity index (χ3n) is 6.19. The van der Waals surface area contributed by atoms with Crippen LogP contribution in [0.1, 0.15) is 5.76 Å². The molecular formula is C26H29N5O. The summed E-state index contributed by atoms with van der Waals surface area (Å²) >= 11 is 0. The predicted molar refractivity (Wildman–Crippen MR) is 129 cm³/mol. The largest absolute Gasteiger partial charge is 0.359 e. The van der Waals surface area contributed by atoms with Crippen LogP contribution in [-0.2, 0) is 6.54 Å². The van der Waals surface area contributed by atoms with E-state index in [9.17, 15) is 0 Å². The van der Waals surface area contributed by atoms with Crippen LogP contribution in [0.2, 0.25) is 0 Å². The van der Waals surface area contributed by atoms with Crippen molar-refractivity contribution >= 4 is 16.6 Å². The van der Waals surface area contributed by atoms with E-state index in [-0.39, 0.29) is 0 Å². The molecule has 0 saturated carbocycles. The molecule has 2 aromatic heterocycles. The number of benzene rings is 2. The maximum atomic E-state index is 5.67. The van der Waals surface area contributed by atoms with Crippen LogP contribution in [-0.4, -0.2) is 66.3 Å². The zero-order valence-electron chi connectivity index (χ0n) is 18.5. The first kappa shape index (κ1) is 20.7. The average Bonchev–Trinajstić information content (AvgIpc) is 3.31. The fourth-order valence-corrected chi connectivity index (χ4v) is 4.36. The van der Waals surface area contributed by atoms with Crippen LogP contribution in [0.5, 0.6) is 0 Å². The summed E-state index contributed by atoms with van der Waals surface area (Å²) in [5.74, 6) is 1.98. The van der Waals surface area contributed by atoms with E-state index in [2.05, 4.69) is 92.6 Å². The van der Waals surface area contributed by atoms with E-state index in [0.29, 0.717) is 0 Å². The smallest absolute Gasteiger partial charge is 0.151 e. The third-order valence-corrected chi connectivity index (χ3v) is 6.19. The number of pyridine rings is 1. The number of hydrogen-bond acceptors (Lipinski definition) is 6. The van der Waals surface area contributed by atoms with Crippen molar-refractivity contribution in [3.05, 3.63) is 78.7 Å². The van der Waals surface area contributed by atoms with Crippen LogP contribution in [0.15, 0.2) is 77.4 Å². The third kappa shape index (κ3) is 4.66. The molecule has 6 heteroatoms. The Morgan fingerprint density at radius 1 is 0.938 bits per heavy atom. The number of hydrogen-bond donors (Lipinski definition) is 0. The van der Waals surface area contributed by atoms with Crippen molar-refractivity contribution in [2.45, 2.75) is 6.54 Å². The van der Waals surface area contributed by atoms with Crippen molar-refractivity contribution in [2.24, 2.45) is 0 Å². The molecule has 32 heavy (non-hydrogen) atoms. The SMILES string of the molecule is CN(CCN1CCN(c2ccccn2)CC1)Cc1cc(-c2cccc3ccccc23)no1. The first-order valence-corrected chi connectivity index (χ1v) is 11.3. The molecule has 6 nitrogen and oxygen atoms in total. The molecule has 0 aliphatic carbocycles. The van der Waals surface area contributed by atoms with Gasteiger partial charge in [-0.05, 0) is 30.0 Å². The van der Waals surface area contributed by atoms with Gasteiger partial charge < -0.3 is 9.42 Å². The van der Waals surface area contributed by atoms with Gasteiger partial charge in [-0.1, -0.05) is 53.7 Å². The van der Waals surface area contributed by atoms with Gasteiger partial charge in [0.2, 0.25) is 0 Å². The van der Waals surface area contributed by atoms with Crippen LogP contribution in [0, 0.1) is 0 Å². The van der Waals surface area contributed by atoms with E-state index >= 15 is 0 Å². The molecule has 0 atom stereocenters. The molecule has 1 aliphatic heterocycles. The summed E-state index contributed by atoms with van der Waals surface area (Å²) < 4.78 is 5.67. The van der Waals surface area contributed by atoms with Crippen LogP contribution >= 0.6 is 0 Å². The second-order valence-corrected chi connectivity index (χ2v) is 8.46. The standard InChI is InChI=1S/C26H29N5O/c1-29(13-14-30-15-17-31(18-16-30)26-11-4-5-12-27-26)20-22-19-25(28-32-22)24-10-6-8-21-7-2-3-9-23(21)24/h2-12,19H,13-18,20H2,1H3. The Labute approximate surface area is 189 Å². The van der Waals surface area contributed by atoms with E-state index in [0.717, 1.165) is 68.6 Å². The summed E-state index contributed by atoms with van der Waals surface area (Å²) in [5, 5.41) is 6.77. The molecule has 0 bridgehead atoms.